The van der Waals surface area contributed by atoms with E-state index in [1.807, 2.05) is 25.7 Å². The number of hydrogen-bond acceptors (Lipinski definition) is 5. The molecular weight excluding hydrogens is 503 g/mol. The fourth-order valence-corrected chi connectivity index (χ4v) is 6.75. The Kier molecular flexibility index (Phi) is 7.52. The summed E-state index contributed by atoms with van der Waals surface area (Å²) in [6, 6.07) is 6.28. The molecule has 0 spiro atoms. The van der Waals surface area contributed by atoms with Crippen molar-refractivity contribution >= 4 is 5.91 Å². The van der Waals surface area contributed by atoms with Crippen molar-refractivity contribution in [2.45, 2.75) is 84.1 Å². The molecule has 39 heavy (non-hydrogen) atoms. The molecule has 3 fully saturated rings. The minimum atomic E-state index is -4.31. The summed E-state index contributed by atoms with van der Waals surface area (Å²) in [6.07, 6.45) is -0.244. The van der Waals surface area contributed by atoms with E-state index in [1.165, 1.54) is 12.1 Å². The highest BCUT2D eigenvalue weighted by Crippen LogP contribution is 2.46. The Morgan fingerprint density at radius 3 is 2.08 bits per heavy atom. The van der Waals surface area contributed by atoms with Crippen LogP contribution in [0, 0.1) is 26.7 Å². The third kappa shape index (κ3) is 5.71. The van der Waals surface area contributed by atoms with E-state index in [4.69, 9.17) is 0 Å². The number of benzene rings is 1. The van der Waals surface area contributed by atoms with E-state index in [9.17, 15) is 18.0 Å². The molecule has 1 unspecified atom stereocenters. The third-order valence-electron chi connectivity index (χ3n) is 9.17. The van der Waals surface area contributed by atoms with E-state index < -0.39 is 11.7 Å². The van der Waals surface area contributed by atoms with Crippen LogP contribution in [0.2, 0.25) is 0 Å². The number of halogens is 3. The molecule has 1 aromatic carbocycles. The molecule has 2 saturated heterocycles. The lowest BCUT2D eigenvalue weighted by Gasteiger charge is -2.53. The molecule has 1 amide bonds. The molecule has 0 radical (unpaired) electrons. The third-order valence-corrected chi connectivity index (χ3v) is 9.17. The number of likely N-dealkylation sites (tertiary alicyclic amines) is 1. The van der Waals surface area contributed by atoms with Crippen LogP contribution in [0.3, 0.4) is 0 Å². The molecule has 1 aromatic heterocycles. The van der Waals surface area contributed by atoms with Gasteiger partial charge in [-0.15, -0.1) is 0 Å². The Hall–Kier alpha value is -2.52. The number of hydrogen-bond donors (Lipinski definition) is 0. The van der Waals surface area contributed by atoms with Crippen LogP contribution in [0.4, 0.5) is 13.2 Å². The minimum absolute atomic E-state index is 0.00836. The number of carbonyl (C=O) groups excluding carboxylic acids is 1. The Morgan fingerprint density at radius 1 is 0.974 bits per heavy atom. The number of piperazine rings is 1. The standard InChI is InChI=1S/C30H40F3N5O/c1-19-18-37(16-17-38(19)27(23-6-7-23)24-8-10-25(11-9-24)30(31,32)33)29(5)12-14-36(15-13-29)28(39)26-20(2)34-22(4)35-21(26)3/h8-11,19,23,27H,6-7,12-18H2,1-5H3/t19-,27?/m0/s1. The SMILES string of the molecule is Cc1nc(C)c(C(=O)N2CCC(C)(N3CCN(C(c4ccc(C(F)(F)F)cc4)C4CC4)[C@@H](C)C3)CC2)c(C)n1. The van der Waals surface area contributed by atoms with Crippen LogP contribution in [0.5, 0.6) is 0 Å². The largest absolute Gasteiger partial charge is 0.416 e. The van der Waals surface area contributed by atoms with Gasteiger partial charge < -0.3 is 4.90 Å². The van der Waals surface area contributed by atoms with Crippen molar-refractivity contribution in [3.05, 3.63) is 58.2 Å². The molecule has 2 atom stereocenters. The van der Waals surface area contributed by atoms with Crippen LogP contribution >= 0.6 is 0 Å². The molecule has 5 rings (SSSR count). The summed E-state index contributed by atoms with van der Waals surface area (Å²) >= 11 is 0. The Balaban J connectivity index is 1.23. The second-order valence-corrected chi connectivity index (χ2v) is 12.0. The molecule has 0 bridgehead atoms. The van der Waals surface area contributed by atoms with Crippen LogP contribution in [-0.4, -0.2) is 74.9 Å². The summed E-state index contributed by atoms with van der Waals surface area (Å²) in [6.45, 7) is 14.3. The highest BCUT2D eigenvalue weighted by Gasteiger charge is 2.44. The van der Waals surface area contributed by atoms with Gasteiger partial charge in [-0.25, -0.2) is 9.97 Å². The monoisotopic (exact) mass is 543 g/mol. The summed E-state index contributed by atoms with van der Waals surface area (Å²) in [7, 11) is 0. The van der Waals surface area contributed by atoms with Crippen LogP contribution in [0.1, 0.15) is 84.3 Å². The number of alkyl halides is 3. The van der Waals surface area contributed by atoms with E-state index in [2.05, 4.69) is 33.6 Å². The first-order valence-corrected chi connectivity index (χ1v) is 14.2. The second kappa shape index (κ2) is 10.5. The molecule has 2 aromatic rings. The maximum absolute atomic E-state index is 13.4. The quantitative estimate of drug-likeness (QED) is 0.494. The van der Waals surface area contributed by atoms with Gasteiger partial charge >= 0.3 is 6.18 Å². The molecule has 3 aliphatic rings. The van der Waals surface area contributed by atoms with Crippen LogP contribution in [0.15, 0.2) is 24.3 Å². The lowest BCUT2D eigenvalue weighted by molar-refractivity contribution is -0.137. The maximum Gasteiger partial charge on any atom is 0.416 e. The lowest BCUT2D eigenvalue weighted by Crippen LogP contribution is -2.62. The minimum Gasteiger partial charge on any atom is -0.338 e. The van der Waals surface area contributed by atoms with Crippen molar-refractivity contribution in [1.82, 2.24) is 24.7 Å². The number of nitrogens with zero attached hydrogens (tertiary/aromatic N) is 5. The summed E-state index contributed by atoms with van der Waals surface area (Å²) in [5.41, 5.74) is 2.52. The van der Waals surface area contributed by atoms with Gasteiger partial charge in [0.05, 0.1) is 22.5 Å². The molecule has 6 nitrogen and oxygen atoms in total. The van der Waals surface area contributed by atoms with Gasteiger partial charge in [0.1, 0.15) is 5.82 Å². The van der Waals surface area contributed by atoms with Gasteiger partial charge in [-0.1, -0.05) is 12.1 Å². The van der Waals surface area contributed by atoms with Crippen LogP contribution in [-0.2, 0) is 6.18 Å². The van der Waals surface area contributed by atoms with E-state index in [1.54, 1.807) is 12.1 Å². The second-order valence-electron chi connectivity index (χ2n) is 12.0. The van der Waals surface area contributed by atoms with Gasteiger partial charge in [0.25, 0.3) is 5.91 Å². The molecule has 1 aliphatic carbocycles. The first-order valence-electron chi connectivity index (χ1n) is 14.2. The van der Waals surface area contributed by atoms with E-state index in [-0.39, 0.29) is 23.5 Å². The normalized spacial score (nSPS) is 23.6. The number of aromatic nitrogens is 2. The van der Waals surface area contributed by atoms with Crippen molar-refractivity contribution in [3.8, 4) is 0 Å². The molecule has 0 N–H and O–H groups in total. The van der Waals surface area contributed by atoms with Crippen molar-refractivity contribution in [2.75, 3.05) is 32.7 Å². The highest BCUT2D eigenvalue weighted by molar-refractivity contribution is 5.96. The molecule has 9 heteroatoms. The number of rotatable bonds is 5. The number of amides is 1. The zero-order valence-corrected chi connectivity index (χ0v) is 23.7. The molecular formula is C30H40F3N5O. The fraction of sp³-hybridized carbons (Fsp3) is 0.633. The topological polar surface area (TPSA) is 52.6 Å². The van der Waals surface area contributed by atoms with Gasteiger partial charge in [0.2, 0.25) is 0 Å². The van der Waals surface area contributed by atoms with Gasteiger partial charge in [0, 0.05) is 50.3 Å². The predicted molar refractivity (Wildman–Crippen MR) is 144 cm³/mol. The van der Waals surface area contributed by atoms with Gasteiger partial charge in [-0.2, -0.15) is 13.2 Å². The first kappa shape index (κ1) is 28.0. The average molecular weight is 544 g/mol. The van der Waals surface area contributed by atoms with Gasteiger partial charge in [-0.05, 0) is 83.9 Å². The Bertz CT molecular complexity index is 1180. The summed E-state index contributed by atoms with van der Waals surface area (Å²) < 4.78 is 39.4. The van der Waals surface area contributed by atoms with Crippen molar-refractivity contribution in [1.29, 1.82) is 0 Å². The molecule has 3 heterocycles. The maximum atomic E-state index is 13.4. The summed E-state index contributed by atoms with van der Waals surface area (Å²) in [5, 5.41) is 0. The molecule has 212 valence electrons. The average Bonchev–Trinajstić information content (AvgIpc) is 3.70. The van der Waals surface area contributed by atoms with Crippen molar-refractivity contribution in [2.24, 2.45) is 5.92 Å². The lowest BCUT2D eigenvalue weighted by atomic mass is 9.85. The summed E-state index contributed by atoms with van der Waals surface area (Å²) in [4.78, 5) is 29.2. The Morgan fingerprint density at radius 2 is 1.56 bits per heavy atom. The number of carbonyl (C=O) groups is 1. The highest BCUT2D eigenvalue weighted by atomic mass is 19.4. The zero-order chi connectivity index (χ0) is 28.1. The zero-order valence-electron chi connectivity index (χ0n) is 23.7. The van der Waals surface area contributed by atoms with Crippen LogP contribution in [0.25, 0.3) is 0 Å². The number of aryl methyl sites for hydroxylation is 3. The Labute approximate surface area is 229 Å². The van der Waals surface area contributed by atoms with E-state index >= 15 is 0 Å². The smallest absolute Gasteiger partial charge is 0.338 e. The van der Waals surface area contributed by atoms with Gasteiger partial charge in [-0.3, -0.25) is 14.6 Å². The molecule has 1 saturated carbocycles. The summed E-state index contributed by atoms with van der Waals surface area (Å²) in [5.74, 6) is 1.22. The van der Waals surface area contributed by atoms with Gasteiger partial charge in [0.15, 0.2) is 0 Å². The van der Waals surface area contributed by atoms with E-state index in [0.29, 0.717) is 30.4 Å². The van der Waals surface area contributed by atoms with E-state index in [0.717, 1.165) is 62.3 Å². The molecule has 2 aliphatic heterocycles. The number of piperidine rings is 1. The van der Waals surface area contributed by atoms with Crippen molar-refractivity contribution in [3.63, 3.8) is 0 Å². The first-order chi connectivity index (χ1) is 18.4. The van der Waals surface area contributed by atoms with Crippen LogP contribution < -0.4 is 0 Å². The fourth-order valence-electron chi connectivity index (χ4n) is 6.75. The van der Waals surface area contributed by atoms with Crippen molar-refractivity contribution < 1.29 is 18.0 Å². The predicted octanol–water partition coefficient (Wildman–Crippen LogP) is 5.57.